The molecule has 0 bridgehead atoms. The minimum Gasteiger partial charge on any atom is -0.344 e. The summed E-state index contributed by atoms with van der Waals surface area (Å²) in [5.41, 5.74) is 1.15. The second-order valence-electron chi connectivity index (χ2n) is 5.12. The molecule has 2 N–H and O–H groups in total. The lowest BCUT2D eigenvalue weighted by atomic mass is 10.2. The summed E-state index contributed by atoms with van der Waals surface area (Å²) in [4.78, 5) is 9.04. The van der Waals surface area contributed by atoms with Crippen molar-refractivity contribution in [2.45, 2.75) is 31.0 Å². The van der Waals surface area contributed by atoms with E-state index < -0.39 is 0 Å². The first-order valence-corrected chi connectivity index (χ1v) is 8.53. The lowest BCUT2D eigenvalue weighted by Crippen LogP contribution is -2.19. The molecule has 108 valence electrons. The van der Waals surface area contributed by atoms with Crippen LogP contribution in [0.2, 0.25) is 0 Å². The van der Waals surface area contributed by atoms with Crippen LogP contribution in [-0.4, -0.2) is 16.5 Å². The number of halogens is 1. The molecule has 2 rings (SSSR count). The molecule has 0 unspecified atom stereocenters. The molecule has 0 fully saturated rings. The summed E-state index contributed by atoms with van der Waals surface area (Å²) < 4.78 is 1.11. The second kappa shape index (κ2) is 7.86. The largest absolute Gasteiger partial charge is 0.344 e. The average Bonchev–Trinajstić information content (AvgIpc) is 2.86. The van der Waals surface area contributed by atoms with Crippen LogP contribution in [0.15, 0.2) is 39.8 Å². The summed E-state index contributed by atoms with van der Waals surface area (Å²) in [7, 11) is 0. The molecule has 0 amide bonds. The predicted octanol–water partition coefficient (Wildman–Crippen LogP) is 4.21. The fraction of sp³-hybridized carbons (Fsp3) is 0.400. The Kier molecular flexibility index (Phi) is 6.13. The van der Waals surface area contributed by atoms with E-state index >= 15 is 0 Å². The number of aromatic amines is 1. The fourth-order valence-electron chi connectivity index (χ4n) is 1.75. The molecule has 3 nitrogen and oxygen atoms in total. The standard InChI is InChI=1S/C15H20BrN3S/c1-11(2)7-17-8-13-9-18-15(19-13)10-20-14-5-3-12(16)4-6-14/h3-6,9,11,17H,7-8,10H2,1-2H3,(H,18,19). The van der Waals surface area contributed by atoms with Gasteiger partial charge in [-0.05, 0) is 36.7 Å². The van der Waals surface area contributed by atoms with Gasteiger partial charge in [0.2, 0.25) is 0 Å². The topological polar surface area (TPSA) is 40.7 Å². The zero-order valence-electron chi connectivity index (χ0n) is 11.8. The summed E-state index contributed by atoms with van der Waals surface area (Å²) in [5.74, 6) is 2.57. The van der Waals surface area contributed by atoms with E-state index in [1.165, 1.54) is 4.90 Å². The Labute approximate surface area is 133 Å². The summed E-state index contributed by atoms with van der Waals surface area (Å²) in [5, 5.41) is 3.41. The minimum atomic E-state index is 0.672. The average molecular weight is 354 g/mol. The monoisotopic (exact) mass is 353 g/mol. The van der Waals surface area contributed by atoms with E-state index in [0.29, 0.717) is 5.92 Å². The van der Waals surface area contributed by atoms with Crippen LogP contribution in [0.3, 0.4) is 0 Å². The fourth-order valence-corrected chi connectivity index (χ4v) is 2.79. The molecule has 0 aliphatic rings. The first kappa shape index (κ1) is 15.6. The molecule has 0 aliphatic heterocycles. The summed E-state index contributed by atoms with van der Waals surface area (Å²) in [6, 6.07) is 8.35. The van der Waals surface area contributed by atoms with Gasteiger partial charge in [0, 0.05) is 27.8 Å². The molecule has 1 aromatic carbocycles. The van der Waals surface area contributed by atoms with Crippen molar-refractivity contribution in [2.75, 3.05) is 6.54 Å². The predicted molar refractivity (Wildman–Crippen MR) is 88.8 cm³/mol. The second-order valence-corrected chi connectivity index (χ2v) is 7.09. The van der Waals surface area contributed by atoms with Crippen LogP contribution in [0.25, 0.3) is 0 Å². The van der Waals surface area contributed by atoms with Gasteiger partial charge in [-0.15, -0.1) is 11.8 Å². The number of nitrogens with one attached hydrogen (secondary N) is 2. The number of hydrogen-bond donors (Lipinski definition) is 2. The highest BCUT2D eigenvalue weighted by molar-refractivity contribution is 9.10. The third kappa shape index (κ3) is 5.31. The van der Waals surface area contributed by atoms with E-state index in [0.717, 1.165) is 34.8 Å². The number of thioether (sulfide) groups is 1. The van der Waals surface area contributed by atoms with Crippen LogP contribution < -0.4 is 5.32 Å². The van der Waals surface area contributed by atoms with Crippen molar-refractivity contribution in [3.05, 3.63) is 46.5 Å². The SMILES string of the molecule is CC(C)CNCc1cnc(CSc2ccc(Br)cc2)[nH]1. The molecular weight excluding hydrogens is 334 g/mol. The molecule has 0 radical (unpaired) electrons. The van der Waals surface area contributed by atoms with Crippen molar-refractivity contribution >= 4 is 27.7 Å². The van der Waals surface area contributed by atoms with Gasteiger partial charge in [-0.1, -0.05) is 29.8 Å². The molecule has 5 heteroatoms. The molecule has 0 aliphatic carbocycles. The Morgan fingerprint density at radius 3 is 2.75 bits per heavy atom. The Hall–Kier alpha value is -0.780. The van der Waals surface area contributed by atoms with Crippen molar-refractivity contribution in [3.63, 3.8) is 0 Å². The van der Waals surface area contributed by atoms with Gasteiger partial charge in [-0.25, -0.2) is 4.98 Å². The van der Waals surface area contributed by atoms with Gasteiger partial charge in [-0.3, -0.25) is 0 Å². The van der Waals surface area contributed by atoms with Crippen LogP contribution >= 0.6 is 27.7 Å². The van der Waals surface area contributed by atoms with Crippen molar-refractivity contribution in [1.29, 1.82) is 0 Å². The maximum atomic E-state index is 4.42. The Morgan fingerprint density at radius 1 is 1.30 bits per heavy atom. The Bertz CT molecular complexity index is 522. The number of aromatic nitrogens is 2. The minimum absolute atomic E-state index is 0.672. The number of H-pyrrole nitrogens is 1. The summed E-state index contributed by atoms with van der Waals surface area (Å²) in [6.45, 7) is 6.30. The number of imidazole rings is 1. The highest BCUT2D eigenvalue weighted by atomic mass is 79.9. The van der Waals surface area contributed by atoms with Gasteiger partial charge >= 0.3 is 0 Å². The van der Waals surface area contributed by atoms with Crippen molar-refractivity contribution in [3.8, 4) is 0 Å². The third-order valence-corrected chi connectivity index (χ3v) is 4.29. The van der Waals surface area contributed by atoms with E-state index in [1.807, 2.05) is 6.20 Å². The highest BCUT2D eigenvalue weighted by Crippen LogP contribution is 2.23. The highest BCUT2D eigenvalue weighted by Gasteiger charge is 2.02. The Morgan fingerprint density at radius 2 is 2.05 bits per heavy atom. The van der Waals surface area contributed by atoms with E-state index in [-0.39, 0.29) is 0 Å². The van der Waals surface area contributed by atoms with Crippen LogP contribution in [0, 0.1) is 5.92 Å². The first-order chi connectivity index (χ1) is 9.63. The van der Waals surface area contributed by atoms with Gasteiger partial charge in [0.25, 0.3) is 0 Å². The zero-order chi connectivity index (χ0) is 14.4. The van der Waals surface area contributed by atoms with Crippen LogP contribution in [0.4, 0.5) is 0 Å². The molecule has 0 saturated heterocycles. The van der Waals surface area contributed by atoms with Gasteiger partial charge in [0.1, 0.15) is 5.82 Å². The van der Waals surface area contributed by atoms with Crippen molar-refractivity contribution in [2.24, 2.45) is 5.92 Å². The number of nitrogens with zero attached hydrogens (tertiary/aromatic N) is 1. The third-order valence-electron chi connectivity index (χ3n) is 2.74. The van der Waals surface area contributed by atoms with E-state index in [2.05, 4.69) is 69.3 Å². The lowest BCUT2D eigenvalue weighted by molar-refractivity contribution is 0.549. The van der Waals surface area contributed by atoms with Crippen LogP contribution in [-0.2, 0) is 12.3 Å². The van der Waals surface area contributed by atoms with Gasteiger partial charge < -0.3 is 10.3 Å². The van der Waals surface area contributed by atoms with Gasteiger partial charge in [-0.2, -0.15) is 0 Å². The molecule has 20 heavy (non-hydrogen) atoms. The maximum Gasteiger partial charge on any atom is 0.116 e. The number of rotatable bonds is 7. The number of hydrogen-bond acceptors (Lipinski definition) is 3. The van der Waals surface area contributed by atoms with Gasteiger partial charge in [0.15, 0.2) is 0 Å². The van der Waals surface area contributed by atoms with Gasteiger partial charge in [0.05, 0.1) is 5.75 Å². The molecule has 1 aromatic heterocycles. The quantitative estimate of drug-likeness (QED) is 0.732. The van der Waals surface area contributed by atoms with E-state index in [1.54, 1.807) is 11.8 Å². The van der Waals surface area contributed by atoms with E-state index in [4.69, 9.17) is 0 Å². The van der Waals surface area contributed by atoms with Crippen molar-refractivity contribution < 1.29 is 0 Å². The molecule has 2 aromatic rings. The molecule has 0 spiro atoms. The van der Waals surface area contributed by atoms with Crippen LogP contribution in [0.1, 0.15) is 25.4 Å². The summed E-state index contributed by atoms with van der Waals surface area (Å²) >= 11 is 5.23. The first-order valence-electron chi connectivity index (χ1n) is 6.75. The van der Waals surface area contributed by atoms with Crippen molar-refractivity contribution in [1.82, 2.24) is 15.3 Å². The zero-order valence-corrected chi connectivity index (χ0v) is 14.2. The molecule has 1 heterocycles. The molecular formula is C15H20BrN3S. The number of benzene rings is 1. The lowest BCUT2D eigenvalue weighted by Gasteiger charge is -2.05. The molecule has 0 saturated carbocycles. The smallest absolute Gasteiger partial charge is 0.116 e. The van der Waals surface area contributed by atoms with E-state index in [9.17, 15) is 0 Å². The summed E-state index contributed by atoms with van der Waals surface area (Å²) in [6.07, 6.45) is 1.92. The maximum absolute atomic E-state index is 4.42. The molecule has 0 atom stereocenters. The normalized spacial score (nSPS) is 11.2. The van der Waals surface area contributed by atoms with Crippen LogP contribution in [0.5, 0.6) is 0 Å². The Balaban J connectivity index is 1.79.